The molecule has 112 valence electrons. The molecule has 2 bridgehead atoms. The zero-order valence-corrected chi connectivity index (χ0v) is 12.9. The average Bonchev–Trinajstić information content (AvgIpc) is 2.96. The normalized spacial score (nSPS) is 31.3. The van der Waals surface area contributed by atoms with Crippen LogP contribution in [-0.2, 0) is 9.59 Å². The van der Waals surface area contributed by atoms with E-state index >= 15 is 0 Å². The van der Waals surface area contributed by atoms with Crippen molar-refractivity contribution in [1.82, 2.24) is 10.2 Å². The number of ketones is 1. The predicted molar refractivity (Wildman–Crippen MR) is 79.1 cm³/mol. The van der Waals surface area contributed by atoms with Gasteiger partial charge in [0.15, 0.2) is 0 Å². The number of fused-ring (bicyclic) bond motifs is 2. The lowest BCUT2D eigenvalue weighted by Crippen LogP contribution is -2.43. The van der Waals surface area contributed by atoms with Gasteiger partial charge in [-0.15, -0.1) is 0 Å². The molecule has 1 fully saturated rings. The maximum absolute atomic E-state index is 12.4. The summed E-state index contributed by atoms with van der Waals surface area (Å²) in [6.45, 7) is 5.33. The van der Waals surface area contributed by atoms with Crippen molar-refractivity contribution >= 4 is 11.7 Å². The van der Waals surface area contributed by atoms with Gasteiger partial charge in [0.05, 0.1) is 5.92 Å². The minimum Gasteiger partial charge on any atom is -0.355 e. The van der Waals surface area contributed by atoms with Crippen molar-refractivity contribution in [3.05, 3.63) is 12.2 Å². The molecule has 4 nitrogen and oxygen atoms in total. The van der Waals surface area contributed by atoms with E-state index in [4.69, 9.17) is 0 Å². The van der Waals surface area contributed by atoms with Crippen molar-refractivity contribution in [2.75, 3.05) is 27.2 Å². The molecule has 0 spiro atoms. The van der Waals surface area contributed by atoms with Crippen LogP contribution in [0.25, 0.3) is 0 Å². The van der Waals surface area contributed by atoms with Crippen LogP contribution in [0.3, 0.4) is 0 Å². The van der Waals surface area contributed by atoms with Gasteiger partial charge in [-0.1, -0.05) is 26.0 Å². The zero-order chi connectivity index (χ0) is 14.9. The first-order valence-corrected chi connectivity index (χ1v) is 7.56. The van der Waals surface area contributed by atoms with Crippen LogP contribution in [0.5, 0.6) is 0 Å². The van der Waals surface area contributed by atoms with E-state index in [0.717, 1.165) is 13.0 Å². The van der Waals surface area contributed by atoms with Crippen molar-refractivity contribution in [3.63, 3.8) is 0 Å². The summed E-state index contributed by atoms with van der Waals surface area (Å²) in [5, 5.41) is 3.00. The van der Waals surface area contributed by atoms with Crippen LogP contribution in [0.1, 0.15) is 20.3 Å². The van der Waals surface area contributed by atoms with Gasteiger partial charge in [0.25, 0.3) is 0 Å². The van der Waals surface area contributed by atoms with Crippen molar-refractivity contribution < 1.29 is 9.59 Å². The van der Waals surface area contributed by atoms with Gasteiger partial charge >= 0.3 is 0 Å². The SMILES string of the molecule is CC(C)C(=O)C1C2C=CC(C2)C1C(=O)NCCN(C)C. The largest absolute Gasteiger partial charge is 0.355 e. The number of likely N-dealkylation sites (N-methyl/N-ethyl adjacent to an activating group) is 1. The van der Waals surface area contributed by atoms with Gasteiger partial charge in [-0.3, -0.25) is 9.59 Å². The van der Waals surface area contributed by atoms with Gasteiger partial charge in [0, 0.05) is 24.9 Å². The number of hydrogen-bond donors (Lipinski definition) is 1. The van der Waals surface area contributed by atoms with Crippen molar-refractivity contribution in [2.45, 2.75) is 20.3 Å². The van der Waals surface area contributed by atoms with Crippen LogP contribution in [0.2, 0.25) is 0 Å². The third-order valence-electron chi connectivity index (χ3n) is 4.52. The lowest BCUT2D eigenvalue weighted by atomic mass is 9.77. The van der Waals surface area contributed by atoms with E-state index in [1.165, 1.54) is 0 Å². The summed E-state index contributed by atoms with van der Waals surface area (Å²) in [5.74, 6) is 0.583. The zero-order valence-electron chi connectivity index (χ0n) is 12.9. The Balaban J connectivity index is 2.03. The van der Waals surface area contributed by atoms with Gasteiger partial charge in [-0.2, -0.15) is 0 Å². The van der Waals surface area contributed by atoms with Crippen LogP contribution in [-0.4, -0.2) is 43.8 Å². The quantitative estimate of drug-likeness (QED) is 0.746. The van der Waals surface area contributed by atoms with Crippen LogP contribution < -0.4 is 5.32 Å². The molecule has 0 radical (unpaired) electrons. The summed E-state index contributed by atoms with van der Waals surface area (Å²) < 4.78 is 0. The highest BCUT2D eigenvalue weighted by atomic mass is 16.2. The molecular weight excluding hydrogens is 252 g/mol. The minimum absolute atomic E-state index is 0.00447. The van der Waals surface area contributed by atoms with E-state index in [1.807, 2.05) is 32.8 Å². The Morgan fingerprint density at radius 3 is 2.35 bits per heavy atom. The second-order valence-electron chi connectivity index (χ2n) is 6.65. The maximum atomic E-state index is 12.4. The van der Waals surface area contributed by atoms with Gasteiger partial charge in [0.1, 0.15) is 5.78 Å². The second kappa shape index (κ2) is 6.08. The molecule has 4 atom stereocenters. The third kappa shape index (κ3) is 2.95. The topological polar surface area (TPSA) is 49.4 Å². The predicted octanol–water partition coefficient (Wildman–Crippen LogP) is 1.33. The number of carbonyl (C=O) groups excluding carboxylic acids is 2. The Hall–Kier alpha value is -1.16. The number of rotatable bonds is 6. The number of allylic oxidation sites excluding steroid dienone is 2. The summed E-state index contributed by atoms with van der Waals surface area (Å²) in [6, 6.07) is 0. The van der Waals surface area contributed by atoms with Crippen LogP contribution >= 0.6 is 0 Å². The Labute approximate surface area is 121 Å². The van der Waals surface area contributed by atoms with Gasteiger partial charge in [-0.25, -0.2) is 0 Å². The summed E-state index contributed by atoms with van der Waals surface area (Å²) in [5.41, 5.74) is 0. The van der Waals surface area contributed by atoms with E-state index < -0.39 is 0 Å². The van der Waals surface area contributed by atoms with Crippen molar-refractivity contribution in [3.8, 4) is 0 Å². The molecule has 1 amide bonds. The fourth-order valence-electron chi connectivity index (χ4n) is 3.47. The molecule has 4 heteroatoms. The highest BCUT2D eigenvalue weighted by Gasteiger charge is 2.51. The molecule has 2 aliphatic rings. The molecule has 1 saturated carbocycles. The molecule has 2 rings (SSSR count). The highest BCUT2D eigenvalue weighted by Crippen LogP contribution is 2.49. The van der Waals surface area contributed by atoms with Crippen LogP contribution in [0.4, 0.5) is 0 Å². The Bertz CT molecular complexity index is 415. The Kier molecular flexibility index (Phi) is 4.63. The summed E-state index contributed by atoms with van der Waals surface area (Å²) >= 11 is 0. The minimum atomic E-state index is -0.151. The first-order chi connectivity index (χ1) is 9.41. The van der Waals surface area contributed by atoms with Crippen LogP contribution in [0, 0.1) is 29.6 Å². The second-order valence-corrected chi connectivity index (χ2v) is 6.65. The van der Waals surface area contributed by atoms with Gasteiger partial charge < -0.3 is 10.2 Å². The number of nitrogens with one attached hydrogen (secondary N) is 1. The molecule has 1 N–H and O–H groups in total. The van der Waals surface area contributed by atoms with Gasteiger partial charge in [-0.05, 0) is 32.4 Å². The number of amides is 1. The smallest absolute Gasteiger partial charge is 0.224 e. The average molecular weight is 278 g/mol. The summed E-state index contributed by atoms with van der Waals surface area (Å²) in [4.78, 5) is 26.9. The Morgan fingerprint density at radius 1 is 1.20 bits per heavy atom. The molecule has 0 aromatic rings. The number of carbonyl (C=O) groups is 2. The van der Waals surface area contributed by atoms with E-state index in [9.17, 15) is 9.59 Å². The molecule has 0 aromatic heterocycles. The molecule has 20 heavy (non-hydrogen) atoms. The molecular formula is C16H26N2O2. The Morgan fingerprint density at radius 2 is 1.80 bits per heavy atom. The number of Topliss-reactive ketones (excluding diaryl/α,β-unsaturated/α-hetero) is 1. The first kappa shape index (κ1) is 15.2. The highest BCUT2D eigenvalue weighted by molar-refractivity contribution is 5.91. The molecule has 0 saturated heterocycles. The fourth-order valence-corrected chi connectivity index (χ4v) is 3.47. The van der Waals surface area contributed by atoms with E-state index in [1.54, 1.807) is 0 Å². The van der Waals surface area contributed by atoms with Crippen LogP contribution in [0.15, 0.2) is 12.2 Å². The van der Waals surface area contributed by atoms with E-state index in [2.05, 4.69) is 17.5 Å². The molecule has 0 heterocycles. The monoisotopic (exact) mass is 278 g/mol. The van der Waals surface area contributed by atoms with E-state index in [-0.39, 0.29) is 41.3 Å². The summed E-state index contributed by atoms with van der Waals surface area (Å²) in [6.07, 6.45) is 5.24. The van der Waals surface area contributed by atoms with Crippen molar-refractivity contribution in [2.24, 2.45) is 29.6 Å². The third-order valence-corrected chi connectivity index (χ3v) is 4.52. The van der Waals surface area contributed by atoms with E-state index in [0.29, 0.717) is 6.54 Å². The fraction of sp³-hybridized carbons (Fsp3) is 0.750. The van der Waals surface area contributed by atoms with Crippen molar-refractivity contribution in [1.29, 1.82) is 0 Å². The first-order valence-electron chi connectivity index (χ1n) is 7.56. The molecule has 0 aliphatic heterocycles. The maximum Gasteiger partial charge on any atom is 0.224 e. The summed E-state index contributed by atoms with van der Waals surface area (Å²) in [7, 11) is 3.97. The molecule has 2 aliphatic carbocycles. The molecule has 0 aromatic carbocycles. The van der Waals surface area contributed by atoms with Gasteiger partial charge in [0.2, 0.25) is 5.91 Å². The number of hydrogen-bond acceptors (Lipinski definition) is 3. The lowest BCUT2D eigenvalue weighted by Gasteiger charge is -2.27. The number of nitrogens with zero attached hydrogens (tertiary/aromatic N) is 1. The standard InChI is InChI=1S/C16H26N2O2/c1-10(2)15(19)13-11-5-6-12(9-11)14(13)16(20)17-7-8-18(3)4/h5-6,10-14H,7-9H2,1-4H3,(H,17,20). The molecule has 4 unspecified atom stereocenters. The lowest BCUT2D eigenvalue weighted by molar-refractivity contribution is -0.135.